The van der Waals surface area contributed by atoms with Gasteiger partial charge in [-0.05, 0) is 42.0 Å². The number of carbonyl (C=O) groups excluding carboxylic acids is 1. The first-order chi connectivity index (χ1) is 13.0. The summed E-state index contributed by atoms with van der Waals surface area (Å²) in [6.07, 6.45) is 0.103. The van der Waals surface area contributed by atoms with Gasteiger partial charge in [0.15, 0.2) is 17.3 Å². The predicted octanol–water partition coefficient (Wildman–Crippen LogP) is 3.92. The molecule has 27 heavy (non-hydrogen) atoms. The Hall–Kier alpha value is -3.75. The van der Waals surface area contributed by atoms with E-state index in [2.05, 4.69) is 20.6 Å². The molecular weight excluding hydrogens is 351 g/mol. The van der Waals surface area contributed by atoms with Crippen LogP contribution in [0.5, 0.6) is 5.75 Å². The molecule has 9 heteroatoms. The normalized spacial score (nSPS) is 16.3. The van der Waals surface area contributed by atoms with Gasteiger partial charge >= 0.3 is 0 Å². The summed E-state index contributed by atoms with van der Waals surface area (Å²) in [5.41, 5.74) is 7.25. The number of nitrogen functional groups attached to an aromatic ring is 1. The molecule has 1 aliphatic heterocycles. The molecule has 0 bridgehead atoms. The summed E-state index contributed by atoms with van der Waals surface area (Å²) >= 11 is 0. The molecule has 0 saturated heterocycles. The van der Waals surface area contributed by atoms with E-state index in [0.29, 0.717) is 17.1 Å². The molecule has 8 nitrogen and oxygen atoms in total. The summed E-state index contributed by atoms with van der Waals surface area (Å²) in [7, 11) is 0. The van der Waals surface area contributed by atoms with E-state index in [0.717, 1.165) is 4.68 Å². The number of nitrogens with one attached hydrogen (secondary N) is 1. The fourth-order valence-electron chi connectivity index (χ4n) is 2.86. The number of benzene rings is 2. The number of aromatic nitrogens is 2. The molecule has 1 atom stereocenters. The number of halogens is 1. The van der Waals surface area contributed by atoms with Crippen molar-refractivity contribution in [3.63, 3.8) is 0 Å². The van der Waals surface area contributed by atoms with E-state index in [9.17, 15) is 14.3 Å². The molecule has 2 heterocycles. The number of phenolic OH excluding ortho intramolecular Hbond substituents is 1. The van der Waals surface area contributed by atoms with Crippen LogP contribution in [0.15, 0.2) is 58.8 Å². The number of azo groups is 1. The van der Waals surface area contributed by atoms with Crippen molar-refractivity contribution in [3.8, 4) is 5.75 Å². The van der Waals surface area contributed by atoms with E-state index < -0.39 is 6.04 Å². The molecule has 1 aromatic heterocycles. The first-order valence-corrected chi connectivity index (χ1v) is 8.16. The van der Waals surface area contributed by atoms with Gasteiger partial charge in [0.2, 0.25) is 0 Å². The summed E-state index contributed by atoms with van der Waals surface area (Å²) in [5.74, 6) is -0.196. The van der Waals surface area contributed by atoms with Crippen molar-refractivity contribution in [2.45, 2.75) is 12.5 Å². The van der Waals surface area contributed by atoms with Crippen LogP contribution in [-0.4, -0.2) is 20.8 Å². The Kier molecular flexibility index (Phi) is 4.03. The highest BCUT2D eigenvalue weighted by atomic mass is 19.1. The molecule has 4 N–H and O–H groups in total. The Morgan fingerprint density at radius 2 is 2.00 bits per heavy atom. The second kappa shape index (κ2) is 6.52. The topological polar surface area (TPSA) is 118 Å². The number of anilines is 2. The molecule has 1 aliphatic rings. The number of hydrogen-bond acceptors (Lipinski definition) is 7. The van der Waals surface area contributed by atoms with E-state index in [-0.39, 0.29) is 35.4 Å². The number of hydrogen-bond donors (Lipinski definition) is 3. The molecule has 0 fully saturated rings. The summed E-state index contributed by atoms with van der Waals surface area (Å²) in [6.45, 7) is 0. The minimum Gasteiger partial charge on any atom is -0.508 e. The molecule has 0 radical (unpaired) electrons. The largest absolute Gasteiger partial charge is 0.508 e. The van der Waals surface area contributed by atoms with Crippen LogP contribution < -0.4 is 11.1 Å². The Balaban J connectivity index is 1.68. The van der Waals surface area contributed by atoms with Crippen LogP contribution in [0.1, 0.15) is 22.8 Å². The third-order valence-electron chi connectivity index (χ3n) is 4.18. The maximum atomic E-state index is 13.5. The highest BCUT2D eigenvalue weighted by Gasteiger charge is 2.30. The third kappa shape index (κ3) is 3.22. The van der Waals surface area contributed by atoms with E-state index in [1.807, 2.05) is 0 Å². The van der Waals surface area contributed by atoms with Crippen LogP contribution in [0.2, 0.25) is 0 Å². The zero-order valence-corrected chi connectivity index (χ0v) is 14.0. The van der Waals surface area contributed by atoms with Gasteiger partial charge in [0.25, 0.3) is 5.91 Å². The Morgan fingerprint density at radius 3 is 2.74 bits per heavy atom. The number of nitrogens with two attached hydrogens (primary N) is 1. The van der Waals surface area contributed by atoms with Gasteiger partial charge < -0.3 is 16.2 Å². The van der Waals surface area contributed by atoms with Crippen molar-refractivity contribution in [1.29, 1.82) is 0 Å². The van der Waals surface area contributed by atoms with Crippen molar-refractivity contribution in [1.82, 2.24) is 9.78 Å². The Bertz CT molecular complexity index is 1040. The zero-order chi connectivity index (χ0) is 19.0. The fourth-order valence-corrected chi connectivity index (χ4v) is 2.86. The lowest BCUT2D eigenvalue weighted by molar-refractivity contribution is 0.0873. The van der Waals surface area contributed by atoms with Crippen LogP contribution in [0.25, 0.3) is 0 Å². The maximum absolute atomic E-state index is 13.5. The molecular formula is C18H15FN6O2. The van der Waals surface area contributed by atoms with Gasteiger partial charge in [-0.2, -0.15) is 9.80 Å². The molecule has 0 spiro atoms. The standard InChI is InChI=1S/C18H15FN6O2/c19-11-3-1-2-10(8-11)14-9-15(27)25-18(21-14)16(17(20)24-25)23-22-12-4-6-13(26)7-5-12/h1-8,14,21,26H,9H2,(H2,20,24). The number of carbonyl (C=O) groups is 1. The van der Waals surface area contributed by atoms with E-state index >= 15 is 0 Å². The smallest absolute Gasteiger partial charge is 0.251 e. The minimum absolute atomic E-state index is 0.0493. The molecule has 136 valence electrons. The van der Waals surface area contributed by atoms with E-state index in [1.165, 1.54) is 24.3 Å². The summed E-state index contributed by atoms with van der Waals surface area (Å²) in [6, 6.07) is 11.7. The lowest BCUT2D eigenvalue weighted by Crippen LogP contribution is -2.28. The molecule has 1 unspecified atom stereocenters. The third-order valence-corrected chi connectivity index (χ3v) is 4.18. The first kappa shape index (κ1) is 16.7. The van der Waals surface area contributed by atoms with Crippen molar-refractivity contribution < 1.29 is 14.3 Å². The van der Waals surface area contributed by atoms with Crippen molar-refractivity contribution >= 4 is 28.9 Å². The Labute approximate surface area is 153 Å². The maximum Gasteiger partial charge on any atom is 0.251 e. The number of nitrogens with zero attached hydrogens (tertiary/aromatic N) is 4. The average molecular weight is 366 g/mol. The van der Waals surface area contributed by atoms with Crippen LogP contribution in [-0.2, 0) is 0 Å². The molecule has 0 saturated carbocycles. The predicted molar refractivity (Wildman–Crippen MR) is 96.9 cm³/mol. The number of aromatic hydroxyl groups is 1. The molecule has 4 rings (SSSR count). The number of phenols is 1. The van der Waals surface area contributed by atoms with Crippen molar-refractivity contribution in [2.75, 3.05) is 11.1 Å². The quantitative estimate of drug-likeness (QED) is 0.607. The van der Waals surface area contributed by atoms with Crippen LogP contribution in [0, 0.1) is 5.82 Å². The van der Waals surface area contributed by atoms with Gasteiger partial charge in [-0.25, -0.2) is 4.39 Å². The van der Waals surface area contributed by atoms with Crippen molar-refractivity contribution in [3.05, 3.63) is 59.9 Å². The summed E-state index contributed by atoms with van der Waals surface area (Å²) in [4.78, 5) is 12.4. The van der Waals surface area contributed by atoms with Crippen molar-refractivity contribution in [2.24, 2.45) is 10.2 Å². The number of fused-ring (bicyclic) bond motifs is 1. The first-order valence-electron chi connectivity index (χ1n) is 8.16. The number of rotatable bonds is 3. The van der Waals surface area contributed by atoms with E-state index in [4.69, 9.17) is 5.73 Å². The van der Waals surface area contributed by atoms with Crippen LogP contribution >= 0.6 is 0 Å². The van der Waals surface area contributed by atoms with Gasteiger partial charge in [-0.15, -0.1) is 10.2 Å². The van der Waals surface area contributed by atoms with Crippen LogP contribution in [0.4, 0.5) is 27.4 Å². The average Bonchev–Trinajstić information content (AvgIpc) is 2.97. The molecule has 2 aromatic carbocycles. The second-order valence-electron chi connectivity index (χ2n) is 6.06. The van der Waals surface area contributed by atoms with E-state index in [1.54, 1.807) is 24.3 Å². The van der Waals surface area contributed by atoms with Gasteiger partial charge in [-0.3, -0.25) is 4.79 Å². The summed E-state index contributed by atoms with van der Waals surface area (Å²) in [5, 5.41) is 24.7. The van der Waals surface area contributed by atoms with Gasteiger partial charge in [0.05, 0.1) is 18.2 Å². The lowest BCUT2D eigenvalue weighted by Gasteiger charge is -2.24. The Morgan fingerprint density at radius 1 is 1.22 bits per heavy atom. The fraction of sp³-hybridized carbons (Fsp3) is 0.111. The van der Waals surface area contributed by atoms with Crippen LogP contribution in [0.3, 0.4) is 0 Å². The second-order valence-corrected chi connectivity index (χ2v) is 6.06. The molecule has 0 amide bonds. The SMILES string of the molecule is Nc1nn2c(c1N=Nc1ccc(O)cc1)NC(c1cccc(F)c1)CC2=O. The highest BCUT2D eigenvalue weighted by molar-refractivity contribution is 5.90. The highest BCUT2D eigenvalue weighted by Crippen LogP contribution is 2.39. The molecule has 3 aromatic rings. The van der Waals surface area contributed by atoms with Gasteiger partial charge in [0, 0.05) is 0 Å². The monoisotopic (exact) mass is 366 g/mol. The minimum atomic E-state index is -0.431. The summed E-state index contributed by atoms with van der Waals surface area (Å²) < 4.78 is 14.7. The van der Waals surface area contributed by atoms with Gasteiger partial charge in [0.1, 0.15) is 11.6 Å². The lowest BCUT2D eigenvalue weighted by atomic mass is 10.0. The zero-order valence-electron chi connectivity index (χ0n) is 14.0. The van der Waals surface area contributed by atoms with Gasteiger partial charge in [-0.1, -0.05) is 12.1 Å². The molecule has 0 aliphatic carbocycles.